The Kier molecular flexibility index (Phi) is 11.6. The van der Waals surface area contributed by atoms with Crippen LogP contribution in [0.25, 0.3) is 0 Å². The molecule has 2 rings (SSSR count). The average molecular weight is 529 g/mol. The lowest BCUT2D eigenvalue weighted by Gasteiger charge is -2.45. The van der Waals surface area contributed by atoms with Crippen LogP contribution < -0.4 is 10.6 Å². The molecule has 2 saturated heterocycles. The third-order valence-electron chi connectivity index (χ3n) is 6.65. The number of aliphatic hydroxyl groups excluding tert-OH is 1. The van der Waals surface area contributed by atoms with Crippen LogP contribution in [0.2, 0.25) is 0 Å². The topological polar surface area (TPSA) is 132 Å². The van der Waals surface area contributed by atoms with Crippen molar-refractivity contribution < 1.29 is 44.2 Å². The van der Waals surface area contributed by atoms with Gasteiger partial charge in [-0.25, -0.2) is 4.39 Å². The third-order valence-corrected chi connectivity index (χ3v) is 6.65. The molecule has 10 nitrogen and oxygen atoms in total. The van der Waals surface area contributed by atoms with E-state index in [1.54, 1.807) is 13.8 Å². The van der Waals surface area contributed by atoms with Crippen molar-refractivity contribution in [2.45, 2.75) is 122 Å². The van der Waals surface area contributed by atoms with Crippen LogP contribution in [0.3, 0.4) is 0 Å². The Morgan fingerprint density at radius 1 is 1.16 bits per heavy atom. The van der Waals surface area contributed by atoms with Gasteiger partial charge in [0.25, 0.3) is 0 Å². The van der Waals surface area contributed by atoms with Crippen LogP contribution in [-0.4, -0.2) is 92.3 Å². The monoisotopic (exact) mass is 529 g/mol. The molecule has 3 N–H and O–H groups in total. The fourth-order valence-corrected chi connectivity index (χ4v) is 4.77. The van der Waals surface area contributed by atoms with Crippen molar-refractivity contribution in [1.82, 2.24) is 10.6 Å². The standard InChI is InChI=1S/C25H42BFN2O8/c1-7-18-15(5)23(33)22(29-20(32)10-14(4)35-16(6)30)25(37-18)34-11-17-8-12(2)21(24(26)36-17)28-19(31)9-13(3)27/h12-15,17-18,21-25,33H,7-11H2,1-6H3,(H,28,31)(H,29,32)/t12-,13+,14+,15+,17?,18?,21?,22?,23-,24-,25+/m0/s1/i8D/t8-,12-,13+,14+,15+,17?,18?,21?,22?,23-,24-,25+. The number of aliphatic hydroxyl groups is 1. The maximum Gasteiger partial charge on any atom is 0.302 e. The Hall–Kier alpha value is -1.76. The van der Waals surface area contributed by atoms with Gasteiger partial charge in [-0.1, -0.05) is 20.8 Å². The molecular weight excluding hydrogens is 486 g/mol. The minimum atomic E-state index is -1.31. The van der Waals surface area contributed by atoms with Crippen LogP contribution in [-0.2, 0) is 33.3 Å². The van der Waals surface area contributed by atoms with E-state index in [2.05, 4.69) is 10.6 Å². The summed E-state index contributed by atoms with van der Waals surface area (Å²) in [5.41, 5.74) is 0. The Morgan fingerprint density at radius 2 is 1.78 bits per heavy atom. The second kappa shape index (κ2) is 14.4. The molecule has 0 saturated carbocycles. The molecular formula is C25H42BFN2O8. The molecule has 2 fully saturated rings. The number of ether oxygens (including phenoxy) is 4. The van der Waals surface area contributed by atoms with Gasteiger partial charge in [-0.15, -0.1) is 0 Å². The number of hydrogen-bond donors (Lipinski definition) is 3. The summed E-state index contributed by atoms with van der Waals surface area (Å²) in [6.07, 6.45) is -5.75. The highest BCUT2D eigenvalue weighted by Gasteiger charge is 2.44. The van der Waals surface area contributed by atoms with Crippen LogP contribution in [0.15, 0.2) is 0 Å². The minimum Gasteiger partial charge on any atom is -0.462 e. The summed E-state index contributed by atoms with van der Waals surface area (Å²) < 4.78 is 44.6. The highest BCUT2D eigenvalue weighted by atomic mass is 19.1. The van der Waals surface area contributed by atoms with Crippen LogP contribution in [0.4, 0.5) is 4.39 Å². The molecule has 12 heteroatoms. The summed E-state index contributed by atoms with van der Waals surface area (Å²) in [6.45, 7) is 9.49. The number of rotatable bonds is 11. The fraction of sp³-hybridized carbons (Fsp3) is 0.880. The third kappa shape index (κ3) is 9.49. The molecule has 0 aliphatic carbocycles. The molecule has 210 valence electrons. The molecule has 0 aromatic heterocycles. The van der Waals surface area contributed by atoms with E-state index in [1.165, 1.54) is 13.8 Å². The van der Waals surface area contributed by atoms with Gasteiger partial charge in [-0.2, -0.15) is 0 Å². The Labute approximate surface area is 221 Å². The predicted octanol–water partition coefficient (Wildman–Crippen LogP) is 1.11. The van der Waals surface area contributed by atoms with Gasteiger partial charge in [0.05, 0.1) is 37.8 Å². The molecule has 0 bridgehead atoms. The lowest BCUT2D eigenvalue weighted by Crippen LogP contribution is -2.62. The van der Waals surface area contributed by atoms with Crippen LogP contribution in [0.1, 0.15) is 68.6 Å². The lowest BCUT2D eigenvalue weighted by molar-refractivity contribution is -0.259. The minimum absolute atomic E-state index is 0.109. The van der Waals surface area contributed by atoms with E-state index < -0.39 is 79.0 Å². The van der Waals surface area contributed by atoms with Gasteiger partial charge < -0.3 is 34.7 Å². The zero-order valence-corrected chi connectivity index (χ0v) is 22.5. The SMILES string of the molecule is [2H][C@@H]1C(CO[C@@H]2OC(CC)[C@@H](C)[C@H](O)C2NC(=O)C[C@@H](C)OC(C)=O)O[C@H]([B])C(NC(=O)C[C@@H](C)F)[C@H]1C. The quantitative estimate of drug-likeness (QED) is 0.268. The number of esters is 1. The maximum absolute atomic E-state index is 13.2. The lowest BCUT2D eigenvalue weighted by atomic mass is 9.79. The zero-order chi connectivity index (χ0) is 28.7. The molecule has 2 heterocycles. The number of alkyl halides is 1. The molecule has 2 amide bonds. The Bertz CT molecular complexity index is 811. The number of carbonyl (C=O) groups is 3. The highest BCUT2D eigenvalue weighted by molar-refractivity contribution is 6.11. The molecule has 0 aromatic carbocycles. The van der Waals surface area contributed by atoms with Crippen molar-refractivity contribution in [1.29, 1.82) is 0 Å². The molecule has 37 heavy (non-hydrogen) atoms. The first-order chi connectivity index (χ1) is 17.7. The van der Waals surface area contributed by atoms with Gasteiger partial charge in [0.1, 0.15) is 26.2 Å². The first kappa shape index (κ1) is 29.8. The number of halogens is 1. The normalized spacial score (nSPS) is 38.1. The van der Waals surface area contributed by atoms with E-state index >= 15 is 0 Å². The largest absolute Gasteiger partial charge is 0.462 e. The number of hydrogen-bond acceptors (Lipinski definition) is 8. The van der Waals surface area contributed by atoms with Gasteiger partial charge in [0, 0.05) is 26.3 Å². The number of carbonyl (C=O) groups excluding carboxylic acids is 3. The van der Waals surface area contributed by atoms with Crippen molar-refractivity contribution >= 4 is 25.6 Å². The molecule has 0 spiro atoms. The van der Waals surface area contributed by atoms with Gasteiger partial charge >= 0.3 is 5.97 Å². The summed E-state index contributed by atoms with van der Waals surface area (Å²) in [5.74, 6) is -2.19. The van der Waals surface area contributed by atoms with Crippen molar-refractivity contribution in [2.75, 3.05) is 6.61 Å². The summed E-state index contributed by atoms with van der Waals surface area (Å²) in [7, 11) is 6.13. The number of nitrogens with one attached hydrogen (secondary N) is 2. The molecule has 2 aliphatic rings. The van der Waals surface area contributed by atoms with Gasteiger partial charge in [0.2, 0.25) is 11.8 Å². The Morgan fingerprint density at radius 3 is 2.38 bits per heavy atom. The Balaban J connectivity index is 2.06. The molecule has 4 unspecified atom stereocenters. The summed E-state index contributed by atoms with van der Waals surface area (Å²) in [6, 6.07) is -2.54. The van der Waals surface area contributed by atoms with Crippen molar-refractivity contribution in [3.8, 4) is 0 Å². The first-order valence-electron chi connectivity index (χ1n) is 13.5. The average Bonchev–Trinajstić information content (AvgIpc) is 2.81. The fourth-order valence-electron chi connectivity index (χ4n) is 4.77. The first-order valence-corrected chi connectivity index (χ1v) is 12.9. The van der Waals surface area contributed by atoms with Gasteiger partial charge in [-0.3, -0.25) is 14.4 Å². The van der Waals surface area contributed by atoms with Crippen molar-refractivity contribution in [3.05, 3.63) is 0 Å². The van der Waals surface area contributed by atoms with E-state index in [-0.39, 0.29) is 31.5 Å². The van der Waals surface area contributed by atoms with E-state index in [1.807, 2.05) is 13.8 Å². The highest BCUT2D eigenvalue weighted by Crippen LogP contribution is 2.30. The maximum atomic E-state index is 13.2. The van der Waals surface area contributed by atoms with Gasteiger partial charge in [-0.05, 0) is 32.6 Å². The predicted molar refractivity (Wildman–Crippen MR) is 133 cm³/mol. The van der Waals surface area contributed by atoms with E-state index in [4.69, 9.17) is 28.2 Å². The summed E-state index contributed by atoms with van der Waals surface area (Å²) in [4.78, 5) is 35.8. The second-order valence-corrected chi connectivity index (χ2v) is 10.1. The van der Waals surface area contributed by atoms with Crippen LogP contribution >= 0.6 is 0 Å². The number of amides is 2. The summed E-state index contributed by atoms with van der Waals surface area (Å²) >= 11 is 0. The molecule has 2 aliphatic heterocycles. The van der Waals surface area contributed by atoms with Crippen LogP contribution in [0.5, 0.6) is 0 Å². The molecule has 12 atom stereocenters. The summed E-state index contributed by atoms with van der Waals surface area (Å²) in [5, 5.41) is 16.4. The second-order valence-electron chi connectivity index (χ2n) is 10.1. The van der Waals surface area contributed by atoms with E-state index in [0.29, 0.717) is 6.42 Å². The van der Waals surface area contributed by atoms with Crippen molar-refractivity contribution in [3.63, 3.8) is 0 Å². The van der Waals surface area contributed by atoms with E-state index in [0.717, 1.165) is 0 Å². The van der Waals surface area contributed by atoms with E-state index in [9.17, 15) is 23.9 Å². The molecule has 2 radical (unpaired) electrons. The smallest absolute Gasteiger partial charge is 0.302 e. The van der Waals surface area contributed by atoms with Gasteiger partial charge in [0.15, 0.2) is 6.29 Å². The van der Waals surface area contributed by atoms with Crippen molar-refractivity contribution in [2.24, 2.45) is 11.8 Å². The van der Waals surface area contributed by atoms with Crippen LogP contribution in [0, 0.1) is 11.8 Å². The molecule has 0 aromatic rings. The zero-order valence-electron chi connectivity index (χ0n) is 23.5.